The number of oxazole rings is 1. The molecule has 112 valence electrons. The molecular weight excluding hydrogens is 290 g/mol. The Kier molecular flexibility index (Phi) is 3.69. The summed E-state index contributed by atoms with van der Waals surface area (Å²) in [5, 5.41) is 3.21. The quantitative estimate of drug-likeness (QED) is 0.878. The predicted octanol–water partition coefficient (Wildman–Crippen LogP) is 1.68. The largest absolute Gasteiger partial charge is 0.444 e. The van der Waals surface area contributed by atoms with Crippen molar-refractivity contribution in [3.8, 4) is 0 Å². The number of hydrogen-bond acceptors (Lipinski definition) is 5. The summed E-state index contributed by atoms with van der Waals surface area (Å²) in [5.74, 6) is 1.12. The second-order valence-electron chi connectivity index (χ2n) is 4.89. The molecule has 0 unspecified atom stereocenters. The van der Waals surface area contributed by atoms with Gasteiger partial charge >= 0.3 is 0 Å². The van der Waals surface area contributed by atoms with Gasteiger partial charge in [0.15, 0.2) is 0 Å². The highest BCUT2D eigenvalue weighted by Gasteiger charge is 2.18. The normalized spacial score (nSPS) is 14.0. The van der Waals surface area contributed by atoms with Crippen molar-refractivity contribution in [2.75, 3.05) is 11.9 Å². The van der Waals surface area contributed by atoms with Gasteiger partial charge in [-0.2, -0.15) is 0 Å². The molecule has 1 aromatic carbocycles. The van der Waals surface area contributed by atoms with E-state index in [2.05, 4.69) is 15.0 Å². The van der Waals surface area contributed by atoms with E-state index in [-0.39, 0.29) is 11.4 Å². The zero-order valence-corrected chi connectivity index (χ0v) is 12.5. The molecule has 0 spiro atoms. The number of rotatable bonds is 5. The Morgan fingerprint density at radius 3 is 3.05 bits per heavy atom. The van der Waals surface area contributed by atoms with E-state index in [4.69, 9.17) is 4.42 Å². The molecular formula is C14H17N3O3S. The molecule has 0 atom stereocenters. The summed E-state index contributed by atoms with van der Waals surface area (Å²) in [6.07, 6.45) is 3.20. The van der Waals surface area contributed by atoms with Crippen molar-refractivity contribution in [2.24, 2.45) is 0 Å². The highest BCUT2D eigenvalue weighted by Crippen LogP contribution is 2.25. The lowest BCUT2D eigenvalue weighted by atomic mass is 10.2. The zero-order chi connectivity index (χ0) is 14.9. The fraction of sp³-hybridized carbons (Fsp3) is 0.357. The number of anilines is 1. The number of sulfonamides is 1. The van der Waals surface area contributed by atoms with E-state index < -0.39 is 10.0 Å². The molecule has 0 aliphatic carbocycles. The Morgan fingerprint density at radius 2 is 2.29 bits per heavy atom. The topological polar surface area (TPSA) is 84.2 Å². The average molecular weight is 307 g/mol. The van der Waals surface area contributed by atoms with Crippen LogP contribution in [0.1, 0.15) is 24.1 Å². The van der Waals surface area contributed by atoms with Gasteiger partial charge < -0.3 is 9.73 Å². The molecule has 0 saturated heterocycles. The molecule has 2 N–H and O–H groups in total. The van der Waals surface area contributed by atoms with E-state index in [1.54, 1.807) is 24.4 Å². The van der Waals surface area contributed by atoms with E-state index >= 15 is 0 Å². The molecule has 6 nitrogen and oxygen atoms in total. The summed E-state index contributed by atoms with van der Waals surface area (Å²) in [6, 6.07) is 5.12. The maximum atomic E-state index is 12.3. The third kappa shape index (κ3) is 2.93. The summed E-state index contributed by atoms with van der Waals surface area (Å²) in [5.41, 5.74) is 2.04. The number of aromatic nitrogens is 1. The molecule has 1 aliphatic heterocycles. The first-order chi connectivity index (χ1) is 10.1. The van der Waals surface area contributed by atoms with Crippen LogP contribution in [0.5, 0.6) is 0 Å². The summed E-state index contributed by atoms with van der Waals surface area (Å²) in [6.45, 7) is 2.85. The average Bonchev–Trinajstić information content (AvgIpc) is 3.13. The van der Waals surface area contributed by atoms with Crippen molar-refractivity contribution >= 4 is 15.7 Å². The minimum Gasteiger partial charge on any atom is -0.444 e. The van der Waals surface area contributed by atoms with E-state index in [9.17, 15) is 8.42 Å². The number of hydrogen-bond donors (Lipinski definition) is 2. The summed E-state index contributed by atoms with van der Waals surface area (Å²) >= 11 is 0. The van der Waals surface area contributed by atoms with Crippen LogP contribution in [0.4, 0.5) is 5.69 Å². The highest BCUT2D eigenvalue weighted by atomic mass is 32.2. The maximum Gasteiger partial charge on any atom is 0.241 e. The number of fused-ring (bicyclic) bond motifs is 1. The molecule has 3 rings (SSSR count). The van der Waals surface area contributed by atoms with Crippen molar-refractivity contribution in [2.45, 2.75) is 31.2 Å². The van der Waals surface area contributed by atoms with Gasteiger partial charge in [0.25, 0.3) is 0 Å². The molecule has 0 bridgehead atoms. The molecule has 2 heterocycles. The molecule has 0 radical (unpaired) electrons. The van der Waals surface area contributed by atoms with Gasteiger partial charge in [0, 0.05) is 18.7 Å². The summed E-state index contributed by atoms with van der Waals surface area (Å²) < 4.78 is 32.5. The van der Waals surface area contributed by atoms with E-state index in [0.29, 0.717) is 5.89 Å². The third-order valence-corrected chi connectivity index (χ3v) is 4.86. The smallest absolute Gasteiger partial charge is 0.241 e. The van der Waals surface area contributed by atoms with Crippen LogP contribution in [-0.2, 0) is 29.4 Å². The van der Waals surface area contributed by atoms with Crippen LogP contribution in [0.2, 0.25) is 0 Å². The first kappa shape index (κ1) is 14.1. The van der Waals surface area contributed by atoms with Gasteiger partial charge in [-0.15, -0.1) is 0 Å². The lowest BCUT2D eigenvalue weighted by Gasteiger charge is -2.07. The van der Waals surface area contributed by atoms with Gasteiger partial charge in [-0.1, -0.05) is 6.92 Å². The third-order valence-electron chi connectivity index (χ3n) is 3.46. The molecule has 0 fully saturated rings. The maximum absolute atomic E-state index is 12.3. The van der Waals surface area contributed by atoms with E-state index in [1.807, 2.05) is 6.92 Å². The number of benzene rings is 1. The van der Waals surface area contributed by atoms with E-state index in [1.165, 1.54) is 0 Å². The standard InChI is InChI=1S/C14H17N3O3S/c1-2-11-8-16-14(20-11)9-17-21(18,19)12-3-4-13-10(7-12)5-6-15-13/h3-4,7-8,15,17H,2,5-6,9H2,1H3. The lowest BCUT2D eigenvalue weighted by molar-refractivity contribution is 0.452. The molecule has 0 amide bonds. The Morgan fingerprint density at radius 1 is 1.43 bits per heavy atom. The monoisotopic (exact) mass is 307 g/mol. The van der Waals surface area contributed by atoms with Crippen molar-refractivity contribution in [3.05, 3.63) is 41.6 Å². The van der Waals surface area contributed by atoms with Crippen molar-refractivity contribution in [1.82, 2.24) is 9.71 Å². The molecule has 1 aliphatic rings. The minimum atomic E-state index is -3.56. The Balaban J connectivity index is 1.74. The van der Waals surface area contributed by atoms with Gasteiger partial charge in [0.1, 0.15) is 5.76 Å². The molecule has 21 heavy (non-hydrogen) atoms. The number of nitrogens with one attached hydrogen (secondary N) is 2. The van der Waals surface area contributed by atoms with Crippen molar-refractivity contribution < 1.29 is 12.8 Å². The van der Waals surface area contributed by atoms with Crippen LogP contribution < -0.4 is 10.0 Å². The van der Waals surface area contributed by atoms with Crippen LogP contribution in [-0.4, -0.2) is 19.9 Å². The molecule has 2 aromatic rings. The first-order valence-corrected chi connectivity index (χ1v) is 8.37. The summed E-state index contributed by atoms with van der Waals surface area (Å²) in [7, 11) is -3.56. The Hall–Kier alpha value is -1.86. The fourth-order valence-electron chi connectivity index (χ4n) is 2.28. The summed E-state index contributed by atoms with van der Waals surface area (Å²) in [4.78, 5) is 4.31. The minimum absolute atomic E-state index is 0.0532. The lowest BCUT2D eigenvalue weighted by Crippen LogP contribution is -2.23. The fourth-order valence-corrected chi connectivity index (χ4v) is 3.31. The van der Waals surface area contributed by atoms with Gasteiger partial charge in [0.2, 0.25) is 15.9 Å². The second kappa shape index (κ2) is 5.50. The first-order valence-electron chi connectivity index (χ1n) is 6.88. The van der Waals surface area contributed by atoms with Crippen LogP contribution >= 0.6 is 0 Å². The van der Waals surface area contributed by atoms with Crippen LogP contribution in [0.3, 0.4) is 0 Å². The van der Waals surface area contributed by atoms with Crippen molar-refractivity contribution in [1.29, 1.82) is 0 Å². The van der Waals surface area contributed by atoms with Gasteiger partial charge in [-0.05, 0) is 30.2 Å². The number of nitrogens with zero attached hydrogens (tertiary/aromatic N) is 1. The van der Waals surface area contributed by atoms with Crippen LogP contribution in [0, 0.1) is 0 Å². The molecule has 7 heteroatoms. The highest BCUT2D eigenvalue weighted by molar-refractivity contribution is 7.89. The second-order valence-corrected chi connectivity index (χ2v) is 6.66. The molecule has 0 saturated carbocycles. The zero-order valence-electron chi connectivity index (χ0n) is 11.7. The Bertz CT molecular complexity index is 753. The predicted molar refractivity (Wildman–Crippen MR) is 78.5 cm³/mol. The van der Waals surface area contributed by atoms with Gasteiger partial charge in [-0.3, -0.25) is 0 Å². The Labute approximate surface area is 123 Å². The van der Waals surface area contributed by atoms with Crippen LogP contribution in [0.15, 0.2) is 33.7 Å². The van der Waals surface area contributed by atoms with Gasteiger partial charge in [0.05, 0.1) is 17.6 Å². The van der Waals surface area contributed by atoms with Crippen LogP contribution in [0.25, 0.3) is 0 Å². The van der Waals surface area contributed by atoms with E-state index in [0.717, 1.165) is 36.4 Å². The van der Waals surface area contributed by atoms with Gasteiger partial charge in [-0.25, -0.2) is 18.1 Å². The SMILES string of the molecule is CCc1cnc(CNS(=O)(=O)c2ccc3c(c2)CCN3)o1. The number of aryl methyl sites for hydroxylation is 1. The molecule has 1 aromatic heterocycles. The van der Waals surface area contributed by atoms with Crippen molar-refractivity contribution in [3.63, 3.8) is 0 Å².